The van der Waals surface area contributed by atoms with E-state index in [-0.39, 0.29) is 17.4 Å². The quantitative estimate of drug-likeness (QED) is 0.682. The van der Waals surface area contributed by atoms with Gasteiger partial charge >= 0.3 is 0 Å². The number of hydrogen-bond donors (Lipinski definition) is 2. The molecule has 2 N–H and O–H groups in total. The van der Waals surface area contributed by atoms with Crippen LogP contribution in [0.3, 0.4) is 0 Å². The minimum absolute atomic E-state index is 0.0936. The van der Waals surface area contributed by atoms with Gasteiger partial charge in [-0.25, -0.2) is 0 Å². The molecule has 0 aromatic heterocycles. The van der Waals surface area contributed by atoms with Crippen molar-refractivity contribution in [1.29, 1.82) is 0 Å². The van der Waals surface area contributed by atoms with Crippen molar-refractivity contribution in [3.63, 3.8) is 0 Å². The van der Waals surface area contributed by atoms with Crippen LogP contribution in [0.1, 0.15) is 13.3 Å². The third-order valence-electron chi connectivity index (χ3n) is 3.04. The molecule has 2 aliphatic rings. The second-order valence-electron chi connectivity index (χ2n) is 5.01. The molecule has 1 amide bonds. The molecular weight excluding hydrogens is 208 g/mol. The van der Waals surface area contributed by atoms with Gasteiger partial charge < -0.3 is 20.1 Å². The number of rotatable bonds is 4. The lowest BCUT2D eigenvalue weighted by Crippen LogP contribution is -2.50. The van der Waals surface area contributed by atoms with Crippen LogP contribution in [0.5, 0.6) is 0 Å². The van der Waals surface area contributed by atoms with E-state index in [1.165, 1.54) is 0 Å². The lowest BCUT2D eigenvalue weighted by Gasteiger charge is -2.38. The first kappa shape index (κ1) is 11.8. The average molecular weight is 228 g/mol. The van der Waals surface area contributed by atoms with Gasteiger partial charge in [-0.05, 0) is 0 Å². The molecule has 0 spiro atoms. The van der Waals surface area contributed by atoms with Crippen molar-refractivity contribution >= 4 is 5.91 Å². The first-order valence-electron chi connectivity index (χ1n) is 5.84. The minimum Gasteiger partial charge on any atom is -0.380 e. The van der Waals surface area contributed by atoms with Crippen LogP contribution in [0, 0.1) is 5.41 Å². The number of amides is 1. The normalized spacial score (nSPS) is 28.2. The van der Waals surface area contributed by atoms with Crippen molar-refractivity contribution in [2.45, 2.75) is 19.4 Å². The van der Waals surface area contributed by atoms with Crippen LogP contribution in [0.25, 0.3) is 0 Å². The maximum Gasteiger partial charge on any atom is 0.221 e. The van der Waals surface area contributed by atoms with Crippen molar-refractivity contribution in [2.75, 3.05) is 39.5 Å². The van der Waals surface area contributed by atoms with Gasteiger partial charge in [0.05, 0.1) is 26.4 Å². The van der Waals surface area contributed by atoms with Crippen LogP contribution in [0.4, 0.5) is 0 Å². The average Bonchev–Trinajstić information content (AvgIpc) is 2.25. The maximum absolute atomic E-state index is 11.7. The number of ether oxygens (including phenoxy) is 2. The summed E-state index contributed by atoms with van der Waals surface area (Å²) in [6.45, 7) is 6.54. The zero-order valence-electron chi connectivity index (χ0n) is 9.75. The Kier molecular flexibility index (Phi) is 3.78. The van der Waals surface area contributed by atoms with E-state index in [9.17, 15) is 4.79 Å². The van der Waals surface area contributed by atoms with E-state index in [0.29, 0.717) is 19.6 Å². The van der Waals surface area contributed by atoms with Gasteiger partial charge in [-0.1, -0.05) is 6.92 Å². The van der Waals surface area contributed by atoms with E-state index in [1.54, 1.807) is 0 Å². The molecule has 0 aromatic carbocycles. The van der Waals surface area contributed by atoms with Crippen LogP contribution < -0.4 is 10.6 Å². The summed E-state index contributed by atoms with van der Waals surface area (Å²) in [4.78, 5) is 11.7. The Bertz CT molecular complexity index is 248. The topological polar surface area (TPSA) is 59.6 Å². The molecule has 0 aliphatic carbocycles. The van der Waals surface area contributed by atoms with Crippen molar-refractivity contribution in [3.05, 3.63) is 0 Å². The molecule has 0 aromatic rings. The number of morpholine rings is 1. The van der Waals surface area contributed by atoms with Crippen LogP contribution in [0.2, 0.25) is 0 Å². The van der Waals surface area contributed by atoms with Crippen molar-refractivity contribution in [1.82, 2.24) is 10.6 Å². The number of carbonyl (C=O) groups excluding carboxylic acids is 1. The van der Waals surface area contributed by atoms with Gasteiger partial charge in [-0.3, -0.25) is 4.79 Å². The van der Waals surface area contributed by atoms with E-state index in [0.717, 1.165) is 26.4 Å². The minimum atomic E-state index is 0.0936. The molecule has 1 atom stereocenters. The Hall–Kier alpha value is -0.650. The first-order valence-corrected chi connectivity index (χ1v) is 5.84. The molecule has 2 aliphatic heterocycles. The van der Waals surface area contributed by atoms with E-state index in [4.69, 9.17) is 9.47 Å². The molecule has 2 heterocycles. The molecule has 0 saturated carbocycles. The molecule has 0 bridgehead atoms. The second-order valence-corrected chi connectivity index (χ2v) is 5.01. The van der Waals surface area contributed by atoms with Crippen LogP contribution >= 0.6 is 0 Å². The summed E-state index contributed by atoms with van der Waals surface area (Å²) < 4.78 is 10.4. The highest BCUT2D eigenvalue weighted by molar-refractivity contribution is 5.76. The predicted octanol–water partition coefficient (Wildman–Crippen LogP) is -0.482. The molecule has 2 fully saturated rings. The smallest absolute Gasteiger partial charge is 0.221 e. The highest BCUT2D eigenvalue weighted by Gasteiger charge is 2.33. The Morgan fingerprint density at radius 2 is 2.31 bits per heavy atom. The standard InChI is InChI=1S/C11H20N2O3/c1-11(7-16-8-11)6-13-10(14)4-9-5-15-3-2-12-9/h9,12H,2-8H2,1H3,(H,13,14). The molecule has 2 rings (SSSR count). The highest BCUT2D eigenvalue weighted by atomic mass is 16.5. The van der Waals surface area contributed by atoms with Crippen molar-refractivity contribution < 1.29 is 14.3 Å². The summed E-state index contributed by atoms with van der Waals surface area (Å²) in [5.74, 6) is 0.0936. The summed E-state index contributed by atoms with van der Waals surface area (Å²) in [5.41, 5.74) is 0.145. The highest BCUT2D eigenvalue weighted by Crippen LogP contribution is 2.25. The van der Waals surface area contributed by atoms with Gasteiger partial charge in [-0.15, -0.1) is 0 Å². The molecule has 16 heavy (non-hydrogen) atoms. The van der Waals surface area contributed by atoms with Gasteiger partial charge in [0.15, 0.2) is 0 Å². The number of hydrogen-bond acceptors (Lipinski definition) is 4. The number of carbonyl (C=O) groups is 1. The zero-order chi connectivity index (χ0) is 11.4. The molecule has 92 valence electrons. The van der Waals surface area contributed by atoms with Gasteiger partial charge in [0.25, 0.3) is 0 Å². The van der Waals surface area contributed by atoms with Crippen molar-refractivity contribution in [2.24, 2.45) is 5.41 Å². The number of nitrogens with one attached hydrogen (secondary N) is 2. The fraction of sp³-hybridized carbons (Fsp3) is 0.909. The fourth-order valence-corrected chi connectivity index (χ4v) is 1.91. The Balaban J connectivity index is 1.63. The lowest BCUT2D eigenvalue weighted by molar-refractivity contribution is -0.127. The summed E-state index contributed by atoms with van der Waals surface area (Å²) in [7, 11) is 0. The van der Waals surface area contributed by atoms with E-state index in [2.05, 4.69) is 17.6 Å². The molecular formula is C11H20N2O3. The SMILES string of the molecule is CC1(CNC(=O)CC2COCCN2)COC1. The second kappa shape index (κ2) is 5.12. The van der Waals surface area contributed by atoms with E-state index < -0.39 is 0 Å². The van der Waals surface area contributed by atoms with Crippen LogP contribution in [0.15, 0.2) is 0 Å². The van der Waals surface area contributed by atoms with E-state index in [1.807, 2.05) is 0 Å². The Morgan fingerprint density at radius 3 is 2.88 bits per heavy atom. The third kappa shape index (κ3) is 3.17. The summed E-state index contributed by atoms with van der Waals surface area (Å²) >= 11 is 0. The largest absolute Gasteiger partial charge is 0.380 e. The van der Waals surface area contributed by atoms with Gasteiger partial charge in [-0.2, -0.15) is 0 Å². The Morgan fingerprint density at radius 1 is 1.50 bits per heavy atom. The van der Waals surface area contributed by atoms with Crippen LogP contribution in [-0.2, 0) is 14.3 Å². The molecule has 5 nitrogen and oxygen atoms in total. The maximum atomic E-state index is 11.7. The molecule has 2 saturated heterocycles. The van der Waals surface area contributed by atoms with Gasteiger partial charge in [0, 0.05) is 31.0 Å². The molecule has 1 unspecified atom stereocenters. The molecule has 0 radical (unpaired) electrons. The summed E-state index contributed by atoms with van der Waals surface area (Å²) in [6, 6.07) is 0.166. The van der Waals surface area contributed by atoms with Crippen molar-refractivity contribution in [3.8, 4) is 0 Å². The van der Waals surface area contributed by atoms with E-state index >= 15 is 0 Å². The first-order chi connectivity index (χ1) is 7.68. The third-order valence-corrected chi connectivity index (χ3v) is 3.04. The lowest BCUT2D eigenvalue weighted by atomic mass is 9.89. The van der Waals surface area contributed by atoms with Crippen LogP contribution in [-0.4, -0.2) is 51.5 Å². The van der Waals surface area contributed by atoms with Gasteiger partial charge in [0.1, 0.15) is 0 Å². The Labute approximate surface area is 95.9 Å². The monoisotopic (exact) mass is 228 g/mol. The van der Waals surface area contributed by atoms with Gasteiger partial charge in [0.2, 0.25) is 5.91 Å². The summed E-state index contributed by atoms with van der Waals surface area (Å²) in [6.07, 6.45) is 0.497. The molecule has 5 heteroatoms. The fourth-order valence-electron chi connectivity index (χ4n) is 1.91. The zero-order valence-corrected chi connectivity index (χ0v) is 9.75. The summed E-state index contributed by atoms with van der Waals surface area (Å²) in [5, 5.41) is 6.22. The predicted molar refractivity (Wildman–Crippen MR) is 59.2 cm³/mol.